The van der Waals surface area contributed by atoms with Crippen molar-refractivity contribution in [1.29, 1.82) is 5.26 Å². The first kappa shape index (κ1) is 11.8. The van der Waals surface area contributed by atoms with Gasteiger partial charge in [-0.05, 0) is 18.2 Å². The number of halogens is 3. The molecule has 1 amide bonds. The number of nitriles is 1. The zero-order valence-electron chi connectivity index (χ0n) is 7.71. The highest BCUT2D eigenvalue weighted by Gasteiger charge is 2.32. The molecule has 0 spiro atoms. The summed E-state index contributed by atoms with van der Waals surface area (Å²) >= 11 is 0. The molecule has 84 valence electrons. The zero-order chi connectivity index (χ0) is 12.3. The van der Waals surface area contributed by atoms with Gasteiger partial charge in [0.05, 0.1) is 17.2 Å². The fourth-order valence-corrected chi connectivity index (χ4v) is 1.00. The molecule has 0 atom stereocenters. The molecule has 0 radical (unpaired) electrons. The Morgan fingerprint density at radius 3 is 2.50 bits per heavy atom. The summed E-state index contributed by atoms with van der Waals surface area (Å²) in [6, 6.07) is 4.59. The Kier molecular flexibility index (Phi) is 3.04. The summed E-state index contributed by atoms with van der Waals surface area (Å²) in [6.45, 7) is 0. The largest absolute Gasteiger partial charge is 0.573 e. The van der Waals surface area contributed by atoms with E-state index in [1.807, 2.05) is 0 Å². The first-order valence-electron chi connectivity index (χ1n) is 3.93. The lowest BCUT2D eigenvalue weighted by Gasteiger charge is -2.11. The summed E-state index contributed by atoms with van der Waals surface area (Å²) in [6.07, 6.45) is -4.95. The smallest absolute Gasteiger partial charge is 0.405 e. The van der Waals surface area contributed by atoms with Gasteiger partial charge >= 0.3 is 6.36 Å². The molecule has 0 bridgehead atoms. The number of rotatable bonds is 2. The summed E-state index contributed by atoms with van der Waals surface area (Å²) in [5, 5.41) is 8.49. The highest BCUT2D eigenvalue weighted by molar-refractivity contribution is 5.95. The van der Waals surface area contributed by atoms with Gasteiger partial charge in [0.25, 0.3) is 5.91 Å². The number of amides is 1. The topological polar surface area (TPSA) is 76.1 Å². The van der Waals surface area contributed by atoms with E-state index in [1.54, 1.807) is 6.07 Å². The number of primary amides is 1. The molecule has 0 fully saturated rings. The van der Waals surface area contributed by atoms with E-state index in [9.17, 15) is 18.0 Å². The number of benzene rings is 1. The van der Waals surface area contributed by atoms with Crippen LogP contribution in [-0.4, -0.2) is 12.3 Å². The maximum absolute atomic E-state index is 12.0. The predicted octanol–water partition coefficient (Wildman–Crippen LogP) is 1.56. The maximum Gasteiger partial charge on any atom is 0.573 e. The third-order valence-electron chi connectivity index (χ3n) is 1.60. The molecular weight excluding hydrogens is 225 g/mol. The molecular formula is C9H5F3N2O2. The van der Waals surface area contributed by atoms with Crippen LogP contribution in [0.5, 0.6) is 5.75 Å². The molecule has 0 aliphatic heterocycles. The van der Waals surface area contributed by atoms with Crippen LogP contribution < -0.4 is 10.5 Å². The van der Waals surface area contributed by atoms with Gasteiger partial charge in [-0.25, -0.2) is 0 Å². The summed E-state index contributed by atoms with van der Waals surface area (Å²) in [7, 11) is 0. The standard InChI is InChI=1S/C9H5F3N2O2/c10-9(11,12)16-7-3-5(4-13)1-2-6(7)8(14)15/h1-3H,(H2,14,15). The average molecular weight is 230 g/mol. The molecule has 0 unspecified atom stereocenters. The van der Waals surface area contributed by atoms with Crippen LogP contribution in [0.1, 0.15) is 15.9 Å². The Morgan fingerprint density at radius 2 is 2.06 bits per heavy atom. The lowest BCUT2D eigenvalue weighted by molar-refractivity contribution is -0.274. The number of hydrogen-bond acceptors (Lipinski definition) is 3. The monoisotopic (exact) mass is 230 g/mol. The fraction of sp³-hybridized carbons (Fsp3) is 0.111. The molecule has 0 aliphatic rings. The van der Waals surface area contributed by atoms with Gasteiger partial charge < -0.3 is 10.5 Å². The highest BCUT2D eigenvalue weighted by Crippen LogP contribution is 2.27. The van der Waals surface area contributed by atoms with Crippen LogP contribution in [0.3, 0.4) is 0 Å². The minimum Gasteiger partial charge on any atom is -0.405 e. The van der Waals surface area contributed by atoms with Gasteiger partial charge in [0, 0.05) is 0 Å². The lowest BCUT2D eigenvalue weighted by Crippen LogP contribution is -2.21. The van der Waals surface area contributed by atoms with E-state index in [2.05, 4.69) is 4.74 Å². The van der Waals surface area contributed by atoms with Gasteiger partial charge in [-0.2, -0.15) is 5.26 Å². The molecule has 2 N–H and O–H groups in total. The van der Waals surface area contributed by atoms with Crippen LogP contribution in [0.25, 0.3) is 0 Å². The average Bonchev–Trinajstić information content (AvgIpc) is 2.14. The normalized spacial score (nSPS) is 10.6. The van der Waals surface area contributed by atoms with Crippen molar-refractivity contribution < 1.29 is 22.7 Å². The molecule has 0 aromatic heterocycles. The molecule has 1 rings (SSSR count). The van der Waals surface area contributed by atoms with Crippen molar-refractivity contribution in [3.63, 3.8) is 0 Å². The van der Waals surface area contributed by atoms with E-state index < -0.39 is 23.6 Å². The Balaban J connectivity index is 3.22. The minimum atomic E-state index is -4.95. The van der Waals surface area contributed by atoms with Crippen molar-refractivity contribution in [1.82, 2.24) is 0 Å². The van der Waals surface area contributed by atoms with Gasteiger partial charge in [-0.15, -0.1) is 13.2 Å². The molecule has 4 nitrogen and oxygen atoms in total. The predicted molar refractivity (Wildman–Crippen MR) is 46.4 cm³/mol. The van der Waals surface area contributed by atoms with E-state index in [1.165, 1.54) is 6.07 Å². The molecule has 1 aromatic carbocycles. The summed E-state index contributed by atoms with van der Waals surface area (Å²) in [5.74, 6) is -1.84. The van der Waals surface area contributed by atoms with Gasteiger partial charge in [-0.3, -0.25) is 4.79 Å². The summed E-state index contributed by atoms with van der Waals surface area (Å²) < 4.78 is 39.5. The van der Waals surface area contributed by atoms with Crippen LogP contribution in [0.4, 0.5) is 13.2 Å². The molecule has 7 heteroatoms. The number of nitrogens with two attached hydrogens (primary N) is 1. The lowest BCUT2D eigenvalue weighted by atomic mass is 10.1. The Bertz CT molecular complexity index is 463. The first-order chi connectivity index (χ1) is 7.33. The van der Waals surface area contributed by atoms with Crippen LogP contribution in [0.2, 0.25) is 0 Å². The number of hydrogen-bond donors (Lipinski definition) is 1. The van der Waals surface area contributed by atoms with Gasteiger partial charge in [0.2, 0.25) is 0 Å². The Hall–Kier alpha value is -2.23. The van der Waals surface area contributed by atoms with Crippen molar-refractivity contribution in [3.8, 4) is 11.8 Å². The fourth-order valence-electron chi connectivity index (χ4n) is 1.00. The maximum atomic E-state index is 12.0. The third kappa shape index (κ3) is 2.88. The van der Waals surface area contributed by atoms with E-state index in [-0.39, 0.29) is 5.56 Å². The second-order valence-electron chi connectivity index (χ2n) is 2.73. The molecule has 1 aromatic rings. The van der Waals surface area contributed by atoms with Crippen molar-refractivity contribution in [3.05, 3.63) is 29.3 Å². The number of nitrogens with zero attached hydrogens (tertiary/aromatic N) is 1. The minimum absolute atomic E-state index is 0.0655. The van der Waals surface area contributed by atoms with E-state index >= 15 is 0 Å². The Labute approximate surface area is 88.0 Å². The number of ether oxygens (including phenoxy) is 1. The number of carbonyl (C=O) groups excluding carboxylic acids is 1. The molecule has 0 aliphatic carbocycles. The molecule has 16 heavy (non-hydrogen) atoms. The third-order valence-corrected chi connectivity index (χ3v) is 1.60. The number of alkyl halides is 3. The zero-order valence-corrected chi connectivity index (χ0v) is 7.71. The summed E-state index contributed by atoms with van der Waals surface area (Å²) in [4.78, 5) is 10.8. The van der Waals surface area contributed by atoms with Gasteiger partial charge in [0.1, 0.15) is 5.75 Å². The van der Waals surface area contributed by atoms with E-state index in [0.717, 1.165) is 12.1 Å². The van der Waals surface area contributed by atoms with Crippen LogP contribution in [-0.2, 0) is 0 Å². The van der Waals surface area contributed by atoms with Crippen molar-refractivity contribution in [2.75, 3.05) is 0 Å². The van der Waals surface area contributed by atoms with Crippen LogP contribution in [0.15, 0.2) is 18.2 Å². The van der Waals surface area contributed by atoms with Gasteiger partial charge in [-0.1, -0.05) is 0 Å². The van der Waals surface area contributed by atoms with Crippen molar-refractivity contribution >= 4 is 5.91 Å². The van der Waals surface area contributed by atoms with Crippen molar-refractivity contribution in [2.24, 2.45) is 5.73 Å². The van der Waals surface area contributed by atoms with Crippen LogP contribution in [0, 0.1) is 11.3 Å². The van der Waals surface area contributed by atoms with Crippen LogP contribution >= 0.6 is 0 Å². The number of carbonyl (C=O) groups is 1. The molecule has 0 saturated heterocycles. The molecule has 0 saturated carbocycles. The van der Waals surface area contributed by atoms with E-state index in [0.29, 0.717) is 0 Å². The quantitative estimate of drug-likeness (QED) is 0.837. The highest BCUT2D eigenvalue weighted by atomic mass is 19.4. The second kappa shape index (κ2) is 4.10. The summed E-state index contributed by atoms with van der Waals surface area (Å²) in [5.41, 5.74) is 4.36. The SMILES string of the molecule is N#Cc1ccc(C(N)=O)c(OC(F)(F)F)c1. The van der Waals surface area contributed by atoms with Crippen molar-refractivity contribution in [2.45, 2.75) is 6.36 Å². The first-order valence-corrected chi connectivity index (χ1v) is 3.93. The Morgan fingerprint density at radius 1 is 1.44 bits per heavy atom. The second-order valence-corrected chi connectivity index (χ2v) is 2.73. The molecule has 0 heterocycles. The van der Waals surface area contributed by atoms with Gasteiger partial charge in [0.15, 0.2) is 0 Å². The van der Waals surface area contributed by atoms with E-state index in [4.69, 9.17) is 11.0 Å².